The first-order chi connectivity index (χ1) is 17.3. The first-order valence-electron chi connectivity index (χ1n) is 12.6. The van der Waals surface area contributed by atoms with Crippen molar-refractivity contribution in [2.75, 3.05) is 12.3 Å². The first-order valence-corrected chi connectivity index (χ1v) is 12.6. The number of carboxylic acids is 1. The van der Waals surface area contributed by atoms with E-state index in [0.29, 0.717) is 18.7 Å². The molecule has 1 fully saturated rings. The van der Waals surface area contributed by atoms with E-state index in [2.05, 4.69) is 20.9 Å². The first kappa shape index (κ1) is 25.6. The number of aromatic nitrogens is 1. The number of amides is 2. The van der Waals surface area contributed by atoms with Gasteiger partial charge in [-0.15, -0.1) is 0 Å². The number of hydrogen-bond acceptors (Lipinski definition) is 6. The maximum Gasteiger partial charge on any atom is 0.317 e. The van der Waals surface area contributed by atoms with Gasteiger partial charge >= 0.3 is 5.97 Å². The highest BCUT2D eigenvalue weighted by Crippen LogP contribution is 2.32. The Balaban J connectivity index is 1.56. The molecule has 2 aliphatic carbocycles. The number of hydrogen-bond donors (Lipinski definition) is 5. The fourth-order valence-electron chi connectivity index (χ4n) is 5.51. The zero-order valence-corrected chi connectivity index (χ0v) is 20.7. The fourth-order valence-corrected chi connectivity index (χ4v) is 5.51. The lowest BCUT2D eigenvalue weighted by Gasteiger charge is -2.35. The van der Waals surface area contributed by atoms with Crippen LogP contribution < -0.4 is 21.7 Å². The third-order valence-electron chi connectivity index (χ3n) is 7.43. The van der Waals surface area contributed by atoms with Gasteiger partial charge in [0.25, 0.3) is 0 Å². The summed E-state index contributed by atoms with van der Waals surface area (Å²) in [7, 11) is 0. The second-order valence-corrected chi connectivity index (χ2v) is 10.0. The van der Waals surface area contributed by atoms with E-state index in [0.717, 1.165) is 54.5 Å². The number of pyridine rings is 1. The van der Waals surface area contributed by atoms with Crippen molar-refractivity contribution in [3.05, 3.63) is 58.8 Å². The number of nitrogens with zero attached hydrogens (tertiary/aromatic N) is 1. The largest absolute Gasteiger partial charge is 0.480 e. The molecule has 1 saturated carbocycles. The van der Waals surface area contributed by atoms with Crippen LogP contribution in [0.5, 0.6) is 0 Å². The third-order valence-corrected chi connectivity index (χ3v) is 7.43. The molecule has 2 aliphatic rings. The summed E-state index contributed by atoms with van der Waals surface area (Å²) in [6, 6.07) is 10.7. The standard InChI is InChI=1S/C27H35N5O4/c1-17-21(11-12-22(28)31-17)15-30-26(36)27(13-19-9-5-6-10-20(19)14-27)32-25(35)24(29-16-23(33)34)18-7-3-2-4-8-18/h5-6,9-12,18,24,29H,2-4,7-8,13-16H2,1H3,(H2,28,31)(H,30,36)(H,32,35)(H,33,34)/t24-/m1/s1. The van der Waals surface area contributed by atoms with Crippen LogP contribution in [0.4, 0.5) is 5.82 Å². The molecule has 36 heavy (non-hydrogen) atoms. The molecule has 0 saturated heterocycles. The number of nitrogen functional groups attached to an aromatic ring is 1. The van der Waals surface area contributed by atoms with E-state index >= 15 is 0 Å². The van der Waals surface area contributed by atoms with Gasteiger partial charge in [-0.3, -0.25) is 19.7 Å². The van der Waals surface area contributed by atoms with Crippen LogP contribution >= 0.6 is 0 Å². The average Bonchev–Trinajstić information content (AvgIpc) is 3.23. The van der Waals surface area contributed by atoms with Gasteiger partial charge in [0.15, 0.2) is 0 Å². The van der Waals surface area contributed by atoms with Crippen LogP contribution in [-0.2, 0) is 33.8 Å². The molecule has 0 unspecified atom stereocenters. The normalized spacial score (nSPS) is 17.7. The Labute approximate surface area is 211 Å². The smallest absolute Gasteiger partial charge is 0.317 e. The Kier molecular flexibility index (Phi) is 7.88. The summed E-state index contributed by atoms with van der Waals surface area (Å²) in [5.41, 5.74) is 8.21. The van der Waals surface area contributed by atoms with E-state index in [9.17, 15) is 19.5 Å². The molecule has 0 bridgehead atoms. The van der Waals surface area contributed by atoms with E-state index in [1.54, 1.807) is 6.07 Å². The van der Waals surface area contributed by atoms with E-state index < -0.39 is 17.6 Å². The average molecular weight is 494 g/mol. The number of nitrogens with two attached hydrogens (primary N) is 1. The fraction of sp³-hybridized carbons (Fsp3) is 0.481. The minimum atomic E-state index is -1.16. The van der Waals surface area contributed by atoms with Gasteiger partial charge in [0, 0.05) is 25.1 Å². The number of rotatable bonds is 9. The lowest BCUT2D eigenvalue weighted by atomic mass is 9.82. The van der Waals surface area contributed by atoms with E-state index in [1.165, 1.54) is 0 Å². The monoisotopic (exact) mass is 493 g/mol. The summed E-state index contributed by atoms with van der Waals surface area (Å²) >= 11 is 0. The molecule has 9 heteroatoms. The Bertz CT molecular complexity index is 1100. The topological polar surface area (TPSA) is 146 Å². The van der Waals surface area contributed by atoms with Crippen molar-refractivity contribution in [2.24, 2.45) is 5.92 Å². The Morgan fingerprint density at radius 2 is 1.75 bits per heavy atom. The van der Waals surface area contributed by atoms with E-state index in [1.807, 2.05) is 37.3 Å². The molecular weight excluding hydrogens is 458 g/mol. The number of carboxylic acid groups (broad SMARTS) is 1. The molecule has 4 rings (SSSR count). The van der Waals surface area contributed by atoms with Gasteiger partial charge in [-0.25, -0.2) is 4.98 Å². The van der Waals surface area contributed by atoms with Gasteiger partial charge in [0.05, 0.1) is 12.6 Å². The summed E-state index contributed by atoms with van der Waals surface area (Å²) < 4.78 is 0. The second kappa shape index (κ2) is 11.1. The van der Waals surface area contributed by atoms with Crippen LogP contribution in [-0.4, -0.2) is 46.0 Å². The van der Waals surface area contributed by atoms with E-state index in [4.69, 9.17) is 5.73 Å². The molecule has 2 aromatic rings. The van der Waals surface area contributed by atoms with E-state index in [-0.39, 0.29) is 30.8 Å². The minimum absolute atomic E-state index is 0.0329. The number of aryl methyl sites for hydroxylation is 1. The quantitative estimate of drug-likeness (QED) is 0.358. The molecule has 192 valence electrons. The Morgan fingerprint density at radius 1 is 1.08 bits per heavy atom. The number of aliphatic carboxylic acids is 1. The third kappa shape index (κ3) is 5.84. The SMILES string of the molecule is Cc1nc(N)ccc1CNC(=O)C1(NC(=O)[C@H](NCC(=O)O)C2CCCCC2)Cc2ccccc2C1. The molecule has 1 aromatic heterocycles. The minimum Gasteiger partial charge on any atom is -0.480 e. The molecular formula is C27H35N5O4. The van der Waals surface area contributed by atoms with Gasteiger partial charge in [0.2, 0.25) is 11.8 Å². The highest BCUT2D eigenvalue weighted by Gasteiger charge is 2.46. The van der Waals surface area contributed by atoms with Crippen LogP contribution in [0.1, 0.15) is 54.5 Å². The molecule has 9 nitrogen and oxygen atoms in total. The maximum atomic E-state index is 13.7. The van der Waals surface area contributed by atoms with Crippen molar-refractivity contribution in [2.45, 2.75) is 70.0 Å². The second-order valence-electron chi connectivity index (χ2n) is 10.0. The molecule has 1 aromatic carbocycles. The molecule has 0 radical (unpaired) electrons. The lowest BCUT2D eigenvalue weighted by Crippen LogP contribution is -2.63. The van der Waals surface area contributed by atoms with Crippen molar-refractivity contribution in [1.82, 2.24) is 20.9 Å². The highest BCUT2D eigenvalue weighted by molar-refractivity contribution is 5.94. The summed E-state index contributed by atoms with van der Waals surface area (Å²) in [4.78, 5) is 42.9. The molecule has 1 heterocycles. The predicted octanol–water partition coefficient (Wildman–Crippen LogP) is 1.87. The lowest BCUT2D eigenvalue weighted by molar-refractivity contribution is -0.138. The molecule has 0 spiro atoms. The molecule has 2 amide bonds. The van der Waals surface area contributed by atoms with Crippen LogP contribution in [0.2, 0.25) is 0 Å². The summed E-state index contributed by atoms with van der Waals surface area (Å²) in [5.74, 6) is -1.16. The number of anilines is 1. The van der Waals surface area contributed by atoms with Gasteiger partial charge in [-0.1, -0.05) is 49.6 Å². The highest BCUT2D eigenvalue weighted by atomic mass is 16.4. The summed E-state index contributed by atoms with van der Waals surface area (Å²) in [6.07, 6.45) is 5.59. The van der Waals surface area contributed by atoms with Crippen molar-refractivity contribution < 1.29 is 19.5 Å². The zero-order valence-electron chi connectivity index (χ0n) is 20.7. The Hall–Kier alpha value is -3.46. The summed E-state index contributed by atoms with van der Waals surface area (Å²) in [6.45, 7) is 1.79. The maximum absolute atomic E-state index is 13.7. The van der Waals surface area contributed by atoms with Gasteiger partial charge < -0.3 is 21.5 Å². The molecule has 1 atom stereocenters. The molecule has 6 N–H and O–H groups in total. The van der Waals surface area contributed by atoms with Crippen LogP contribution in [0, 0.1) is 12.8 Å². The number of nitrogens with one attached hydrogen (secondary N) is 3. The van der Waals surface area contributed by atoms with Crippen molar-refractivity contribution >= 4 is 23.6 Å². The number of carbonyl (C=O) groups is 3. The van der Waals surface area contributed by atoms with Crippen LogP contribution in [0.3, 0.4) is 0 Å². The number of benzene rings is 1. The van der Waals surface area contributed by atoms with Gasteiger partial charge in [0.1, 0.15) is 11.4 Å². The van der Waals surface area contributed by atoms with Crippen molar-refractivity contribution in [3.8, 4) is 0 Å². The van der Waals surface area contributed by atoms with Gasteiger partial charge in [-0.05, 0) is 48.4 Å². The number of carbonyl (C=O) groups excluding carboxylic acids is 2. The van der Waals surface area contributed by atoms with Crippen LogP contribution in [0.25, 0.3) is 0 Å². The van der Waals surface area contributed by atoms with Gasteiger partial charge in [-0.2, -0.15) is 0 Å². The zero-order chi connectivity index (χ0) is 25.7. The van der Waals surface area contributed by atoms with Crippen molar-refractivity contribution in [1.29, 1.82) is 0 Å². The summed E-state index contributed by atoms with van der Waals surface area (Å²) in [5, 5.41) is 18.3. The molecule has 0 aliphatic heterocycles. The van der Waals surface area contributed by atoms with Crippen LogP contribution in [0.15, 0.2) is 36.4 Å². The van der Waals surface area contributed by atoms with Crippen molar-refractivity contribution in [3.63, 3.8) is 0 Å². The number of fused-ring (bicyclic) bond motifs is 1. The Morgan fingerprint density at radius 3 is 2.36 bits per heavy atom. The predicted molar refractivity (Wildman–Crippen MR) is 136 cm³/mol.